The minimum Gasteiger partial charge on any atom is -0.395 e. The Morgan fingerprint density at radius 2 is 2.13 bits per heavy atom. The van der Waals surface area contributed by atoms with Gasteiger partial charge in [0.25, 0.3) is 0 Å². The van der Waals surface area contributed by atoms with Gasteiger partial charge in [-0.2, -0.15) is 0 Å². The van der Waals surface area contributed by atoms with Gasteiger partial charge < -0.3 is 20.5 Å². The van der Waals surface area contributed by atoms with Crippen LogP contribution in [0.1, 0.15) is 20.3 Å². The van der Waals surface area contributed by atoms with E-state index >= 15 is 0 Å². The molecule has 5 nitrogen and oxygen atoms in total. The number of hydrogen-bond donors (Lipinski definition) is 3. The van der Waals surface area contributed by atoms with Crippen LogP contribution in [-0.4, -0.2) is 50.0 Å². The first-order valence-electron chi connectivity index (χ1n) is 5.22. The highest BCUT2D eigenvalue weighted by Crippen LogP contribution is 1.86. The van der Waals surface area contributed by atoms with Gasteiger partial charge in [0.2, 0.25) is 5.91 Å². The molecule has 0 aromatic heterocycles. The monoisotopic (exact) mass is 218 g/mol. The first-order valence-corrected chi connectivity index (χ1v) is 5.22. The fourth-order valence-corrected chi connectivity index (χ4v) is 1.16. The van der Waals surface area contributed by atoms with Gasteiger partial charge in [-0.25, -0.2) is 0 Å². The lowest BCUT2D eigenvalue weighted by Gasteiger charge is -2.15. The highest BCUT2D eigenvalue weighted by molar-refractivity contribution is 5.76. The van der Waals surface area contributed by atoms with Crippen molar-refractivity contribution in [3.63, 3.8) is 0 Å². The molecule has 0 rings (SSSR count). The molecule has 5 heteroatoms. The fourth-order valence-electron chi connectivity index (χ4n) is 1.16. The first kappa shape index (κ1) is 14.3. The second-order valence-electron chi connectivity index (χ2n) is 3.76. The number of amides is 1. The quantitative estimate of drug-likeness (QED) is 0.513. The fraction of sp³-hybridized carbons (Fsp3) is 0.900. The highest BCUT2D eigenvalue weighted by atomic mass is 16.5. The molecule has 0 radical (unpaired) electrons. The standard InChI is InChI=1S/C10H22N2O3/c1-8(2)12-10(14)4-5-11-9(6-13)7-15-3/h8-9,11,13H,4-7H2,1-3H3,(H,12,14). The number of rotatable bonds is 8. The maximum Gasteiger partial charge on any atom is 0.221 e. The van der Waals surface area contributed by atoms with E-state index in [4.69, 9.17) is 9.84 Å². The summed E-state index contributed by atoms with van der Waals surface area (Å²) in [5.74, 6) is 0.0200. The lowest BCUT2D eigenvalue weighted by molar-refractivity contribution is -0.121. The summed E-state index contributed by atoms with van der Waals surface area (Å²) in [6.45, 7) is 4.86. The van der Waals surface area contributed by atoms with E-state index in [2.05, 4.69) is 10.6 Å². The van der Waals surface area contributed by atoms with Gasteiger partial charge in [0.1, 0.15) is 0 Å². The van der Waals surface area contributed by atoms with Crippen molar-refractivity contribution in [1.29, 1.82) is 0 Å². The highest BCUT2D eigenvalue weighted by Gasteiger charge is 2.07. The van der Waals surface area contributed by atoms with E-state index < -0.39 is 0 Å². The molecule has 1 atom stereocenters. The third-order valence-corrected chi connectivity index (χ3v) is 1.82. The molecule has 0 saturated carbocycles. The topological polar surface area (TPSA) is 70.6 Å². The second-order valence-corrected chi connectivity index (χ2v) is 3.76. The Bertz CT molecular complexity index is 174. The number of methoxy groups -OCH3 is 1. The van der Waals surface area contributed by atoms with Crippen molar-refractivity contribution in [2.45, 2.75) is 32.4 Å². The Balaban J connectivity index is 3.54. The molecule has 0 aliphatic heterocycles. The summed E-state index contributed by atoms with van der Waals surface area (Å²) in [5.41, 5.74) is 0. The van der Waals surface area contributed by atoms with Crippen LogP contribution in [-0.2, 0) is 9.53 Å². The summed E-state index contributed by atoms with van der Waals surface area (Å²) in [6, 6.07) is 0.0759. The van der Waals surface area contributed by atoms with Gasteiger partial charge in [-0.05, 0) is 13.8 Å². The van der Waals surface area contributed by atoms with Crippen molar-refractivity contribution >= 4 is 5.91 Å². The predicted molar refractivity (Wildman–Crippen MR) is 58.6 cm³/mol. The van der Waals surface area contributed by atoms with Crippen molar-refractivity contribution in [3.8, 4) is 0 Å². The SMILES string of the molecule is COCC(CO)NCCC(=O)NC(C)C. The van der Waals surface area contributed by atoms with Crippen molar-refractivity contribution in [3.05, 3.63) is 0 Å². The summed E-state index contributed by atoms with van der Waals surface area (Å²) in [7, 11) is 1.58. The minimum absolute atomic E-state index is 0.0135. The van der Waals surface area contributed by atoms with E-state index in [0.717, 1.165) is 0 Å². The van der Waals surface area contributed by atoms with E-state index in [1.165, 1.54) is 0 Å². The largest absolute Gasteiger partial charge is 0.395 e. The maximum absolute atomic E-state index is 11.2. The van der Waals surface area contributed by atoms with Gasteiger partial charge >= 0.3 is 0 Å². The molecule has 0 heterocycles. The zero-order chi connectivity index (χ0) is 11.7. The lowest BCUT2D eigenvalue weighted by Crippen LogP contribution is -2.39. The summed E-state index contributed by atoms with van der Waals surface area (Å²) in [4.78, 5) is 11.2. The average molecular weight is 218 g/mol. The molecule has 0 spiro atoms. The molecule has 0 aromatic carbocycles. The second kappa shape index (κ2) is 8.64. The van der Waals surface area contributed by atoms with Gasteiger partial charge in [-0.15, -0.1) is 0 Å². The molecular weight excluding hydrogens is 196 g/mol. The zero-order valence-corrected chi connectivity index (χ0v) is 9.75. The lowest BCUT2D eigenvalue weighted by atomic mass is 10.3. The van der Waals surface area contributed by atoms with Crippen LogP contribution in [0.5, 0.6) is 0 Å². The van der Waals surface area contributed by atoms with Gasteiger partial charge in [0, 0.05) is 26.1 Å². The number of hydrogen-bond acceptors (Lipinski definition) is 4. The minimum atomic E-state index is -0.0955. The first-order chi connectivity index (χ1) is 7.10. The molecule has 90 valence electrons. The molecule has 0 aliphatic carbocycles. The molecule has 0 aromatic rings. The van der Waals surface area contributed by atoms with E-state index in [1.807, 2.05) is 13.8 Å². The normalized spacial score (nSPS) is 12.9. The number of carbonyl (C=O) groups is 1. The molecular formula is C10H22N2O3. The molecule has 0 bridgehead atoms. The number of aliphatic hydroxyl groups is 1. The van der Waals surface area contributed by atoms with Gasteiger partial charge in [-0.3, -0.25) is 4.79 Å². The number of ether oxygens (including phenoxy) is 1. The molecule has 15 heavy (non-hydrogen) atoms. The smallest absolute Gasteiger partial charge is 0.221 e. The average Bonchev–Trinajstić information content (AvgIpc) is 2.15. The number of aliphatic hydroxyl groups excluding tert-OH is 1. The van der Waals surface area contributed by atoms with E-state index in [9.17, 15) is 4.79 Å². The van der Waals surface area contributed by atoms with Crippen LogP contribution in [0.15, 0.2) is 0 Å². The maximum atomic E-state index is 11.2. The van der Waals surface area contributed by atoms with Crippen LogP contribution in [0.25, 0.3) is 0 Å². The van der Waals surface area contributed by atoms with Crippen LogP contribution >= 0.6 is 0 Å². The van der Waals surface area contributed by atoms with Crippen molar-refractivity contribution in [2.75, 3.05) is 26.9 Å². The van der Waals surface area contributed by atoms with E-state index in [0.29, 0.717) is 19.6 Å². The molecule has 1 amide bonds. The predicted octanol–water partition coefficient (Wildman–Crippen LogP) is -0.502. The van der Waals surface area contributed by atoms with E-state index in [-0.39, 0.29) is 24.6 Å². The Hall–Kier alpha value is -0.650. The van der Waals surface area contributed by atoms with Crippen LogP contribution in [0.4, 0.5) is 0 Å². The summed E-state index contributed by atoms with van der Waals surface area (Å²) in [6.07, 6.45) is 0.415. The van der Waals surface area contributed by atoms with Gasteiger partial charge in [-0.1, -0.05) is 0 Å². The zero-order valence-electron chi connectivity index (χ0n) is 9.75. The molecule has 0 aliphatic rings. The molecule has 0 fully saturated rings. The molecule has 0 saturated heterocycles. The van der Waals surface area contributed by atoms with E-state index in [1.54, 1.807) is 7.11 Å². The summed E-state index contributed by atoms with van der Waals surface area (Å²) < 4.78 is 4.89. The number of nitrogens with one attached hydrogen (secondary N) is 2. The summed E-state index contributed by atoms with van der Waals surface area (Å²) in [5, 5.41) is 14.8. The number of carbonyl (C=O) groups excluding carboxylic acids is 1. The third-order valence-electron chi connectivity index (χ3n) is 1.82. The van der Waals surface area contributed by atoms with Crippen molar-refractivity contribution in [1.82, 2.24) is 10.6 Å². The van der Waals surface area contributed by atoms with Gasteiger partial charge in [0.15, 0.2) is 0 Å². The van der Waals surface area contributed by atoms with Crippen molar-refractivity contribution in [2.24, 2.45) is 0 Å². The van der Waals surface area contributed by atoms with Crippen LogP contribution in [0.2, 0.25) is 0 Å². The Kier molecular flexibility index (Phi) is 8.27. The Morgan fingerprint density at radius 3 is 2.60 bits per heavy atom. The van der Waals surface area contributed by atoms with Gasteiger partial charge in [0.05, 0.1) is 19.3 Å². The Morgan fingerprint density at radius 1 is 1.47 bits per heavy atom. The Labute approximate surface area is 91.2 Å². The van der Waals surface area contributed by atoms with Crippen LogP contribution in [0.3, 0.4) is 0 Å². The summed E-state index contributed by atoms with van der Waals surface area (Å²) >= 11 is 0. The third kappa shape index (κ3) is 8.35. The molecule has 1 unspecified atom stereocenters. The van der Waals surface area contributed by atoms with Crippen LogP contribution in [0, 0.1) is 0 Å². The van der Waals surface area contributed by atoms with Crippen LogP contribution < -0.4 is 10.6 Å². The van der Waals surface area contributed by atoms with Crippen molar-refractivity contribution < 1.29 is 14.6 Å². The molecule has 3 N–H and O–H groups in total.